The second-order valence-electron chi connectivity index (χ2n) is 5.67. The maximum absolute atomic E-state index is 13.7. The first-order valence-corrected chi connectivity index (χ1v) is 9.22. The van der Waals surface area contributed by atoms with Gasteiger partial charge in [-0.25, -0.2) is 12.8 Å². The van der Waals surface area contributed by atoms with E-state index in [0.29, 0.717) is 0 Å². The zero-order valence-electron chi connectivity index (χ0n) is 14.4. The quantitative estimate of drug-likeness (QED) is 0.543. The van der Waals surface area contributed by atoms with E-state index >= 15 is 0 Å². The summed E-state index contributed by atoms with van der Waals surface area (Å²) in [5.74, 6) is -1.22. The van der Waals surface area contributed by atoms with Crippen LogP contribution >= 0.6 is 0 Å². The number of rotatable bonds is 6. The molecule has 0 fully saturated rings. The second kappa shape index (κ2) is 7.73. The summed E-state index contributed by atoms with van der Waals surface area (Å²) in [6.45, 7) is 1.93. The van der Waals surface area contributed by atoms with Crippen molar-refractivity contribution in [1.29, 1.82) is 0 Å². The zero-order chi connectivity index (χ0) is 20.4. The number of benzene rings is 1. The van der Waals surface area contributed by atoms with Gasteiger partial charge < -0.3 is 0 Å². The first-order valence-electron chi connectivity index (χ1n) is 7.78. The third-order valence-corrected chi connectivity index (χ3v) is 5.73. The SMILES string of the molecule is CCN(C(c1ccc(F)cc1)C(F)(F)F)S(=O)(=O)c1cncc(C(C)=O)c1. The lowest BCUT2D eigenvalue weighted by Crippen LogP contribution is -2.42. The molecule has 0 saturated heterocycles. The molecule has 1 heterocycles. The Labute approximate surface area is 153 Å². The highest BCUT2D eigenvalue weighted by Gasteiger charge is 2.48. The van der Waals surface area contributed by atoms with Crippen LogP contribution in [-0.4, -0.2) is 36.2 Å². The van der Waals surface area contributed by atoms with Crippen LogP contribution in [0.4, 0.5) is 17.6 Å². The Morgan fingerprint density at radius 1 is 1.19 bits per heavy atom. The van der Waals surface area contributed by atoms with Crippen molar-refractivity contribution in [2.75, 3.05) is 6.54 Å². The Morgan fingerprint density at radius 2 is 1.78 bits per heavy atom. The Bertz CT molecular complexity index is 928. The molecule has 0 aliphatic heterocycles. The van der Waals surface area contributed by atoms with Gasteiger partial charge in [0.15, 0.2) is 5.78 Å². The summed E-state index contributed by atoms with van der Waals surface area (Å²) in [7, 11) is -4.64. The molecule has 0 bridgehead atoms. The molecule has 0 N–H and O–H groups in total. The normalized spacial score (nSPS) is 13.6. The van der Waals surface area contributed by atoms with Gasteiger partial charge in [0.2, 0.25) is 10.0 Å². The van der Waals surface area contributed by atoms with E-state index in [1.54, 1.807) is 0 Å². The van der Waals surface area contributed by atoms with Crippen LogP contribution in [0.2, 0.25) is 0 Å². The van der Waals surface area contributed by atoms with Gasteiger partial charge in [-0.05, 0) is 30.7 Å². The lowest BCUT2D eigenvalue weighted by atomic mass is 10.1. The summed E-state index contributed by atoms with van der Waals surface area (Å²) >= 11 is 0. The summed E-state index contributed by atoms with van der Waals surface area (Å²) in [5.41, 5.74) is -0.470. The first kappa shape index (κ1) is 21.0. The molecule has 2 aromatic rings. The smallest absolute Gasteiger partial charge is 0.294 e. The molecule has 5 nitrogen and oxygen atoms in total. The molecule has 10 heteroatoms. The van der Waals surface area contributed by atoms with E-state index < -0.39 is 50.8 Å². The highest BCUT2D eigenvalue weighted by atomic mass is 32.2. The van der Waals surface area contributed by atoms with Crippen LogP contribution in [-0.2, 0) is 10.0 Å². The van der Waals surface area contributed by atoms with E-state index in [2.05, 4.69) is 4.98 Å². The minimum atomic E-state index is -4.95. The number of halogens is 4. The molecule has 0 aliphatic carbocycles. The summed E-state index contributed by atoms with van der Waals surface area (Å²) in [5, 5.41) is 0. The van der Waals surface area contributed by atoms with Gasteiger partial charge in [0, 0.05) is 24.5 Å². The van der Waals surface area contributed by atoms with Gasteiger partial charge in [0.25, 0.3) is 0 Å². The van der Waals surface area contributed by atoms with Gasteiger partial charge in [-0.1, -0.05) is 19.1 Å². The zero-order valence-corrected chi connectivity index (χ0v) is 15.2. The fraction of sp³-hybridized carbons (Fsp3) is 0.294. The van der Waals surface area contributed by atoms with Crippen molar-refractivity contribution in [2.24, 2.45) is 0 Å². The van der Waals surface area contributed by atoms with Gasteiger partial charge in [-0.2, -0.15) is 17.5 Å². The summed E-state index contributed by atoms with van der Waals surface area (Å²) < 4.78 is 80.3. The van der Waals surface area contributed by atoms with Gasteiger partial charge >= 0.3 is 6.18 Å². The summed E-state index contributed by atoms with van der Waals surface area (Å²) in [4.78, 5) is 14.5. The molecular weight excluding hydrogens is 388 g/mol. The van der Waals surface area contributed by atoms with E-state index in [9.17, 15) is 30.8 Å². The van der Waals surface area contributed by atoms with E-state index in [-0.39, 0.29) is 9.87 Å². The largest absolute Gasteiger partial charge is 0.409 e. The monoisotopic (exact) mass is 404 g/mol. The third-order valence-electron chi connectivity index (χ3n) is 3.82. The lowest BCUT2D eigenvalue weighted by molar-refractivity contribution is -0.173. The number of Topliss-reactive ketones (excluding diaryl/α,β-unsaturated/α-hetero) is 1. The average molecular weight is 404 g/mol. The predicted molar refractivity (Wildman–Crippen MR) is 89.0 cm³/mol. The Balaban J connectivity index is 2.60. The second-order valence-corrected chi connectivity index (χ2v) is 7.56. The van der Waals surface area contributed by atoms with Crippen molar-refractivity contribution >= 4 is 15.8 Å². The number of alkyl halides is 3. The fourth-order valence-corrected chi connectivity index (χ4v) is 4.14. The highest BCUT2D eigenvalue weighted by molar-refractivity contribution is 7.89. The number of pyridine rings is 1. The first-order chi connectivity index (χ1) is 12.5. The summed E-state index contributed by atoms with van der Waals surface area (Å²) in [6, 6.07) is 1.88. The van der Waals surface area contributed by atoms with Crippen LogP contribution in [0.3, 0.4) is 0 Å². The number of ketones is 1. The number of sulfonamides is 1. The van der Waals surface area contributed by atoms with Crippen molar-refractivity contribution in [2.45, 2.75) is 31.0 Å². The number of carbonyl (C=O) groups excluding carboxylic acids is 1. The van der Waals surface area contributed by atoms with Crippen LogP contribution in [0, 0.1) is 5.82 Å². The predicted octanol–water partition coefficient (Wildman–Crippen LogP) is 3.74. The van der Waals surface area contributed by atoms with Gasteiger partial charge in [0.1, 0.15) is 16.8 Å². The maximum Gasteiger partial charge on any atom is 0.409 e. The van der Waals surface area contributed by atoms with Crippen LogP contribution < -0.4 is 0 Å². The Hall–Kier alpha value is -2.33. The lowest BCUT2D eigenvalue weighted by Gasteiger charge is -2.31. The number of hydrogen-bond donors (Lipinski definition) is 0. The number of carbonyl (C=O) groups is 1. The molecule has 2 rings (SSSR count). The molecule has 0 amide bonds. The minimum absolute atomic E-state index is 0.0440. The summed E-state index contributed by atoms with van der Waals surface area (Å²) in [6.07, 6.45) is -2.95. The highest BCUT2D eigenvalue weighted by Crippen LogP contribution is 2.40. The molecule has 1 unspecified atom stereocenters. The fourth-order valence-electron chi connectivity index (χ4n) is 2.54. The average Bonchev–Trinajstić information content (AvgIpc) is 2.59. The van der Waals surface area contributed by atoms with Crippen molar-refractivity contribution in [3.05, 3.63) is 59.7 Å². The Morgan fingerprint density at radius 3 is 2.26 bits per heavy atom. The number of aromatic nitrogens is 1. The maximum atomic E-state index is 13.7. The number of hydrogen-bond acceptors (Lipinski definition) is 4. The molecule has 146 valence electrons. The molecule has 0 aliphatic rings. The molecule has 27 heavy (non-hydrogen) atoms. The van der Waals surface area contributed by atoms with E-state index in [1.165, 1.54) is 13.8 Å². The van der Waals surface area contributed by atoms with Crippen LogP contribution in [0.1, 0.15) is 35.8 Å². The van der Waals surface area contributed by atoms with Crippen LogP contribution in [0.5, 0.6) is 0 Å². The Kier molecular flexibility index (Phi) is 6.01. The van der Waals surface area contributed by atoms with Gasteiger partial charge in [0.05, 0.1) is 0 Å². The molecule has 1 aromatic heterocycles. The minimum Gasteiger partial charge on any atom is -0.294 e. The van der Waals surface area contributed by atoms with Gasteiger partial charge in [-0.15, -0.1) is 0 Å². The van der Waals surface area contributed by atoms with Crippen molar-refractivity contribution in [1.82, 2.24) is 9.29 Å². The van der Waals surface area contributed by atoms with Crippen molar-refractivity contribution in [3.63, 3.8) is 0 Å². The van der Waals surface area contributed by atoms with Crippen molar-refractivity contribution < 1.29 is 30.8 Å². The standard InChI is InChI=1S/C17H16F4N2O3S/c1-3-23(16(17(19,20)21)12-4-6-14(18)7-5-12)27(25,26)15-8-13(11(2)24)9-22-10-15/h4-10,16H,3H2,1-2H3. The number of nitrogens with zero attached hydrogens (tertiary/aromatic N) is 2. The molecule has 0 saturated carbocycles. The topological polar surface area (TPSA) is 67.3 Å². The molecule has 1 aromatic carbocycles. The van der Waals surface area contributed by atoms with E-state index in [0.717, 1.165) is 42.7 Å². The van der Waals surface area contributed by atoms with Crippen LogP contribution in [0.25, 0.3) is 0 Å². The molecule has 0 spiro atoms. The van der Waals surface area contributed by atoms with E-state index in [1.807, 2.05) is 0 Å². The van der Waals surface area contributed by atoms with E-state index in [4.69, 9.17) is 0 Å². The molecule has 1 atom stereocenters. The molecule has 0 radical (unpaired) electrons. The van der Waals surface area contributed by atoms with Gasteiger partial charge in [-0.3, -0.25) is 9.78 Å². The van der Waals surface area contributed by atoms with Crippen molar-refractivity contribution in [3.8, 4) is 0 Å². The molecular formula is C17H16F4N2O3S. The van der Waals surface area contributed by atoms with Crippen LogP contribution in [0.15, 0.2) is 47.6 Å². The third kappa shape index (κ3) is 4.51.